The lowest BCUT2D eigenvalue weighted by atomic mass is 10.1. The van der Waals surface area contributed by atoms with Crippen molar-refractivity contribution in [3.8, 4) is 12.3 Å². The van der Waals surface area contributed by atoms with Gasteiger partial charge in [0, 0.05) is 19.1 Å². The van der Waals surface area contributed by atoms with Crippen molar-refractivity contribution in [2.45, 2.75) is 32.6 Å². The summed E-state index contributed by atoms with van der Waals surface area (Å²) in [6, 6.07) is 0. The highest BCUT2D eigenvalue weighted by molar-refractivity contribution is 4.89. The predicted octanol–water partition coefficient (Wildman–Crippen LogP) is 2.67. The van der Waals surface area contributed by atoms with E-state index in [1.165, 1.54) is 6.42 Å². The van der Waals surface area contributed by atoms with E-state index >= 15 is 0 Å². The molecule has 0 N–H and O–H groups in total. The molecule has 1 nitrogen and oxygen atoms in total. The van der Waals surface area contributed by atoms with Crippen LogP contribution < -0.4 is 0 Å². The zero-order chi connectivity index (χ0) is 9.23. The molecule has 0 aliphatic heterocycles. The molecule has 12 heavy (non-hydrogen) atoms. The van der Waals surface area contributed by atoms with Crippen molar-refractivity contribution >= 4 is 0 Å². The average molecular weight is 167 g/mol. The first-order valence-electron chi connectivity index (χ1n) is 4.64. The molecule has 0 saturated heterocycles. The van der Waals surface area contributed by atoms with Crippen LogP contribution >= 0.6 is 0 Å². The van der Waals surface area contributed by atoms with Crippen LogP contribution in [0.15, 0.2) is 0 Å². The molecule has 1 atom stereocenters. The Hall–Kier alpha value is -0.480. The minimum absolute atomic E-state index is 0.415. The Morgan fingerprint density at radius 3 is 2.75 bits per heavy atom. The summed E-state index contributed by atoms with van der Waals surface area (Å²) in [5.74, 6) is 3.13. The first-order chi connectivity index (χ1) is 5.81. The molecule has 0 amide bonds. The van der Waals surface area contributed by atoms with Gasteiger partial charge in [-0.1, -0.05) is 13.8 Å². The predicted molar refractivity (Wildman–Crippen MR) is 52.6 cm³/mol. The maximum atomic E-state index is 5.28. The molecule has 0 aliphatic rings. The molecular formula is C11H19O. The van der Waals surface area contributed by atoms with Crippen LogP contribution in [0.1, 0.15) is 32.6 Å². The summed E-state index contributed by atoms with van der Waals surface area (Å²) in [5, 5.41) is 0. The monoisotopic (exact) mass is 167 g/mol. The molecule has 0 spiro atoms. The Kier molecular flexibility index (Phi) is 8.27. The smallest absolute Gasteiger partial charge is 0.0466 e. The van der Waals surface area contributed by atoms with Crippen LogP contribution in [-0.4, -0.2) is 13.2 Å². The maximum Gasteiger partial charge on any atom is 0.0466 e. The second-order valence-electron chi connectivity index (χ2n) is 3.03. The molecule has 0 heterocycles. The van der Waals surface area contributed by atoms with Crippen molar-refractivity contribution in [3.63, 3.8) is 0 Å². The fraction of sp³-hybridized carbons (Fsp3) is 0.727. The van der Waals surface area contributed by atoms with Gasteiger partial charge < -0.3 is 4.74 Å². The van der Waals surface area contributed by atoms with Crippen molar-refractivity contribution in [2.75, 3.05) is 13.2 Å². The lowest BCUT2D eigenvalue weighted by molar-refractivity contribution is 0.133. The van der Waals surface area contributed by atoms with Crippen LogP contribution in [0.3, 0.4) is 0 Å². The number of hydrogen-bond donors (Lipinski definition) is 0. The van der Waals surface area contributed by atoms with E-state index in [-0.39, 0.29) is 0 Å². The zero-order valence-corrected chi connectivity index (χ0v) is 8.01. The molecule has 0 fully saturated rings. The SMILES string of the molecule is C#CC(C)CCCCOCC[CH2]. The molecule has 0 aromatic carbocycles. The van der Waals surface area contributed by atoms with Gasteiger partial charge in [-0.2, -0.15) is 0 Å². The van der Waals surface area contributed by atoms with E-state index in [0.29, 0.717) is 5.92 Å². The van der Waals surface area contributed by atoms with Gasteiger partial charge in [-0.25, -0.2) is 0 Å². The molecule has 0 saturated carbocycles. The highest BCUT2D eigenvalue weighted by atomic mass is 16.5. The molecular weight excluding hydrogens is 148 g/mol. The van der Waals surface area contributed by atoms with E-state index < -0.39 is 0 Å². The van der Waals surface area contributed by atoms with Gasteiger partial charge in [0.25, 0.3) is 0 Å². The minimum Gasteiger partial charge on any atom is -0.381 e. The van der Waals surface area contributed by atoms with Gasteiger partial charge in [0.1, 0.15) is 0 Å². The molecule has 0 bridgehead atoms. The second kappa shape index (κ2) is 8.62. The molecule has 69 valence electrons. The summed E-state index contributed by atoms with van der Waals surface area (Å²) in [7, 11) is 0. The molecule has 0 rings (SSSR count). The first kappa shape index (κ1) is 11.5. The van der Waals surface area contributed by atoms with E-state index in [1.807, 2.05) is 0 Å². The largest absolute Gasteiger partial charge is 0.381 e. The highest BCUT2D eigenvalue weighted by Crippen LogP contribution is 2.05. The summed E-state index contributed by atoms with van der Waals surface area (Å²) in [5.41, 5.74) is 0. The lowest BCUT2D eigenvalue weighted by Crippen LogP contribution is -1.97. The third kappa shape index (κ3) is 7.63. The normalized spacial score (nSPS) is 12.4. The van der Waals surface area contributed by atoms with E-state index in [9.17, 15) is 0 Å². The Morgan fingerprint density at radius 2 is 2.17 bits per heavy atom. The third-order valence-corrected chi connectivity index (χ3v) is 1.75. The summed E-state index contributed by atoms with van der Waals surface area (Å²) in [6.07, 6.45) is 9.51. The molecule has 1 radical (unpaired) electrons. The van der Waals surface area contributed by atoms with Gasteiger partial charge >= 0.3 is 0 Å². The first-order valence-corrected chi connectivity index (χ1v) is 4.64. The van der Waals surface area contributed by atoms with E-state index in [2.05, 4.69) is 19.8 Å². The Balaban J connectivity index is 2.96. The van der Waals surface area contributed by atoms with Crippen LogP contribution in [0.4, 0.5) is 0 Å². The van der Waals surface area contributed by atoms with Crippen molar-refractivity contribution < 1.29 is 4.74 Å². The summed E-state index contributed by atoms with van der Waals surface area (Å²) in [4.78, 5) is 0. The minimum atomic E-state index is 0.415. The molecule has 1 heteroatoms. The lowest BCUT2D eigenvalue weighted by Gasteiger charge is -2.04. The summed E-state index contributed by atoms with van der Waals surface area (Å²) >= 11 is 0. The number of hydrogen-bond acceptors (Lipinski definition) is 1. The fourth-order valence-corrected chi connectivity index (χ4v) is 0.942. The molecule has 0 aliphatic carbocycles. The van der Waals surface area contributed by atoms with Crippen LogP contribution in [0.25, 0.3) is 0 Å². The van der Waals surface area contributed by atoms with Gasteiger partial charge in [0.05, 0.1) is 0 Å². The van der Waals surface area contributed by atoms with Crippen molar-refractivity contribution in [2.24, 2.45) is 5.92 Å². The summed E-state index contributed by atoms with van der Waals surface area (Å²) in [6.45, 7) is 7.41. The van der Waals surface area contributed by atoms with Crippen LogP contribution in [0, 0.1) is 25.2 Å². The van der Waals surface area contributed by atoms with Gasteiger partial charge in [-0.3, -0.25) is 0 Å². The van der Waals surface area contributed by atoms with Crippen molar-refractivity contribution in [3.05, 3.63) is 6.92 Å². The van der Waals surface area contributed by atoms with Gasteiger partial charge in [0.2, 0.25) is 0 Å². The van der Waals surface area contributed by atoms with Crippen molar-refractivity contribution in [1.29, 1.82) is 0 Å². The Labute approximate surface area is 76.5 Å². The van der Waals surface area contributed by atoms with Crippen molar-refractivity contribution in [1.82, 2.24) is 0 Å². The van der Waals surface area contributed by atoms with Gasteiger partial charge in [-0.15, -0.1) is 12.3 Å². The number of unbranched alkanes of at least 4 members (excludes halogenated alkanes) is 1. The quantitative estimate of drug-likeness (QED) is 0.418. The van der Waals surface area contributed by atoms with E-state index in [0.717, 1.165) is 32.5 Å². The van der Waals surface area contributed by atoms with Gasteiger partial charge in [0.15, 0.2) is 0 Å². The topological polar surface area (TPSA) is 9.23 Å². The standard InChI is InChI=1S/C11H19O/c1-4-9-12-10-7-6-8-11(3)5-2/h2,11H,1,4,6-10H2,3H3. The van der Waals surface area contributed by atoms with E-state index in [4.69, 9.17) is 11.2 Å². The Morgan fingerprint density at radius 1 is 1.42 bits per heavy atom. The Bertz CT molecular complexity index is 123. The average Bonchev–Trinajstić information content (AvgIpc) is 2.10. The van der Waals surface area contributed by atoms with Crippen LogP contribution in [-0.2, 0) is 4.74 Å². The molecule has 0 aromatic rings. The summed E-state index contributed by atoms with van der Waals surface area (Å²) < 4.78 is 5.28. The fourth-order valence-electron chi connectivity index (χ4n) is 0.942. The highest BCUT2D eigenvalue weighted by Gasteiger charge is 1.95. The second-order valence-corrected chi connectivity index (χ2v) is 3.03. The van der Waals surface area contributed by atoms with Gasteiger partial charge in [-0.05, 0) is 25.7 Å². The third-order valence-electron chi connectivity index (χ3n) is 1.75. The maximum absolute atomic E-state index is 5.28. The molecule has 0 aromatic heterocycles. The zero-order valence-electron chi connectivity index (χ0n) is 8.01. The number of ether oxygens (including phenoxy) is 1. The van der Waals surface area contributed by atoms with Crippen LogP contribution in [0.2, 0.25) is 0 Å². The number of terminal acetylenes is 1. The number of rotatable bonds is 7. The van der Waals surface area contributed by atoms with Crippen LogP contribution in [0.5, 0.6) is 0 Å². The molecule has 1 unspecified atom stereocenters. The van der Waals surface area contributed by atoms with E-state index in [1.54, 1.807) is 0 Å².